The van der Waals surface area contributed by atoms with E-state index in [9.17, 15) is 5.11 Å². The van der Waals surface area contributed by atoms with Crippen molar-refractivity contribution < 1.29 is 51.6 Å². The zero-order valence-corrected chi connectivity index (χ0v) is 13.9. The zero-order valence-electron chi connectivity index (χ0n) is 10.8. The predicted octanol–water partition coefficient (Wildman–Crippen LogP) is -2.32. The summed E-state index contributed by atoms with van der Waals surface area (Å²) in [5.41, 5.74) is 3.51. The van der Waals surface area contributed by atoms with Gasteiger partial charge in [0, 0.05) is 0 Å². The van der Waals surface area contributed by atoms with E-state index in [1.54, 1.807) is 0 Å². The number of fused-ring (bicyclic) bond motifs is 1. The van der Waals surface area contributed by atoms with Crippen molar-refractivity contribution in [3.63, 3.8) is 0 Å². The standard InChI is InChI=1S/C16H14O.2ClH.Ti/c17-11-16-14-8-4-3-7-13(14)9-10-15(16)12-5-1-2-6-12;;;/h1-5,7-10,17H,6,11H2;2*1H;/q;;;+2/p-2. The molecule has 2 aromatic rings. The first-order valence-electron chi connectivity index (χ1n) is 5.87. The van der Waals surface area contributed by atoms with Crippen LogP contribution in [0.4, 0.5) is 0 Å². The third-order valence-corrected chi connectivity index (χ3v) is 3.32. The molecule has 1 N–H and O–H groups in total. The summed E-state index contributed by atoms with van der Waals surface area (Å²) in [4.78, 5) is 0. The predicted molar refractivity (Wildman–Crippen MR) is 71.6 cm³/mol. The van der Waals surface area contributed by atoms with Crippen molar-refractivity contribution in [2.45, 2.75) is 13.0 Å². The molecule has 0 amide bonds. The number of halogens is 2. The molecular weight excluding hydrogens is 327 g/mol. The molecule has 0 heterocycles. The molecule has 0 saturated heterocycles. The number of aliphatic hydroxyl groups excluding tert-OH is 1. The van der Waals surface area contributed by atoms with Gasteiger partial charge in [-0.1, -0.05) is 54.6 Å². The van der Waals surface area contributed by atoms with Gasteiger partial charge < -0.3 is 29.9 Å². The molecule has 1 aliphatic carbocycles. The van der Waals surface area contributed by atoms with Crippen LogP contribution >= 0.6 is 0 Å². The van der Waals surface area contributed by atoms with Crippen LogP contribution in [0.25, 0.3) is 16.3 Å². The van der Waals surface area contributed by atoms with E-state index < -0.39 is 0 Å². The Balaban J connectivity index is 0.00000120. The molecule has 0 bridgehead atoms. The molecule has 20 heavy (non-hydrogen) atoms. The van der Waals surface area contributed by atoms with E-state index in [2.05, 4.69) is 42.5 Å². The maximum atomic E-state index is 9.63. The molecule has 0 spiro atoms. The Hall–Kier alpha value is -0.566. The van der Waals surface area contributed by atoms with Gasteiger partial charge in [0.25, 0.3) is 0 Å². The topological polar surface area (TPSA) is 20.2 Å². The Morgan fingerprint density at radius 1 is 1.00 bits per heavy atom. The molecule has 0 saturated carbocycles. The van der Waals surface area contributed by atoms with Crippen LogP contribution < -0.4 is 24.8 Å². The number of allylic oxidation sites excluding steroid dienone is 4. The van der Waals surface area contributed by atoms with Crippen molar-refractivity contribution in [1.82, 2.24) is 0 Å². The van der Waals surface area contributed by atoms with Crippen LogP contribution in [0.5, 0.6) is 0 Å². The first kappa shape index (κ1) is 19.4. The molecule has 0 aliphatic heterocycles. The van der Waals surface area contributed by atoms with Crippen LogP contribution in [0, 0.1) is 0 Å². The van der Waals surface area contributed by atoms with Crippen LogP contribution in [-0.2, 0) is 28.3 Å². The summed E-state index contributed by atoms with van der Waals surface area (Å²) in [7, 11) is 0. The minimum absolute atomic E-state index is 0. The number of rotatable bonds is 2. The normalized spacial score (nSPS) is 12.2. The van der Waals surface area contributed by atoms with E-state index in [0.29, 0.717) is 0 Å². The maximum absolute atomic E-state index is 9.63. The van der Waals surface area contributed by atoms with Gasteiger partial charge >= 0.3 is 21.7 Å². The van der Waals surface area contributed by atoms with E-state index in [0.717, 1.165) is 17.4 Å². The molecule has 3 rings (SSSR count). The summed E-state index contributed by atoms with van der Waals surface area (Å²) in [6.07, 6.45) is 7.31. The average molecular weight is 341 g/mol. The molecule has 0 unspecified atom stereocenters. The van der Waals surface area contributed by atoms with Crippen molar-refractivity contribution in [3.8, 4) is 0 Å². The Kier molecular flexibility index (Phi) is 8.42. The number of hydrogen-bond donors (Lipinski definition) is 1. The van der Waals surface area contributed by atoms with Crippen molar-refractivity contribution in [2.75, 3.05) is 0 Å². The second-order valence-corrected chi connectivity index (χ2v) is 4.30. The molecule has 4 heteroatoms. The molecule has 0 aromatic heterocycles. The van der Waals surface area contributed by atoms with E-state index in [1.807, 2.05) is 12.1 Å². The molecular formula is C16H14Cl2OTi. The average Bonchev–Trinajstić information content (AvgIpc) is 2.91. The smallest absolute Gasteiger partial charge is 1.00 e. The molecule has 2 aromatic carbocycles. The summed E-state index contributed by atoms with van der Waals surface area (Å²) in [6, 6.07) is 12.5. The summed E-state index contributed by atoms with van der Waals surface area (Å²) in [5.74, 6) is 0. The van der Waals surface area contributed by atoms with Crippen LogP contribution in [0.2, 0.25) is 0 Å². The molecule has 0 fully saturated rings. The van der Waals surface area contributed by atoms with Crippen LogP contribution in [0.15, 0.2) is 54.6 Å². The fraction of sp³-hybridized carbons (Fsp3) is 0.125. The minimum atomic E-state index is 0. The van der Waals surface area contributed by atoms with Crippen molar-refractivity contribution in [2.24, 2.45) is 0 Å². The van der Waals surface area contributed by atoms with E-state index in [4.69, 9.17) is 0 Å². The van der Waals surface area contributed by atoms with Gasteiger partial charge in [0.05, 0.1) is 6.61 Å². The Morgan fingerprint density at radius 3 is 2.40 bits per heavy atom. The molecule has 1 nitrogen and oxygen atoms in total. The van der Waals surface area contributed by atoms with E-state index in [-0.39, 0.29) is 53.1 Å². The van der Waals surface area contributed by atoms with Crippen LogP contribution in [0.1, 0.15) is 17.5 Å². The summed E-state index contributed by atoms with van der Waals surface area (Å²) >= 11 is 0. The van der Waals surface area contributed by atoms with Crippen LogP contribution in [0.3, 0.4) is 0 Å². The number of aliphatic hydroxyl groups is 1. The van der Waals surface area contributed by atoms with Gasteiger partial charge in [0.15, 0.2) is 0 Å². The monoisotopic (exact) mass is 340 g/mol. The van der Waals surface area contributed by atoms with Gasteiger partial charge in [0.2, 0.25) is 0 Å². The summed E-state index contributed by atoms with van der Waals surface area (Å²) in [5, 5.41) is 12.0. The summed E-state index contributed by atoms with van der Waals surface area (Å²) < 4.78 is 0. The van der Waals surface area contributed by atoms with Gasteiger partial charge in [-0.3, -0.25) is 0 Å². The van der Waals surface area contributed by atoms with E-state index in [1.165, 1.54) is 16.5 Å². The minimum Gasteiger partial charge on any atom is -1.00 e. The Morgan fingerprint density at radius 2 is 1.75 bits per heavy atom. The SMILES string of the molecule is OCc1c(C2=CC=CC2)ccc2ccccc12.[Cl-].[Cl-].[Ti+2]. The third kappa shape index (κ3) is 3.55. The molecule has 1 aliphatic rings. The first-order chi connectivity index (χ1) is 8.40. The maximum Gasteiger partial charge on any atom is 2.00 e. The zero-order chi connectivity index (χ0) is 11.7. The Bertz CT molecular complexity index is 635. The van der Waals surface area contributed by atoms with E-state index >= 15 is 0 Å². The Labute approximate surface area is 146 Å². The number of hydrogen-bond acceptors (Lipinski definition) is 1. The molecule has 0 radical (unpaired) electrons. The van der Waals surface area contributed by atoms with Gasteiger partial charge in [-0.2, -0.15) is 0 Å². The fourth-order valence-corrected chi connectivity index (χ4v) is 2.45. The van der Waals surface area contributed by atoms with Crippen molar-refractivity contribution in [3.05, 3.63) is 65.8 Å². The quantitative estimate of drug-likeness (QED) is 0.609. The summed E-state index contributed by atoms with van der Waals surface area (Å²) in [6.45, 7) is 0.0913. The third-order valence-electron chi connectivity index (χ3n) is 3.32. The first-order valence-corrected chi connectivity index (χ1v) is 5.87. The molecule has 0 atom stereocenters. The second kappa shape index (κ2) is 8.66. The van der Waals surface area contributed by atoms with Crippen molar-refractivity contribution in [1.29, 1.82) is 0 Å². The van der Waals surface area contributed by atoms with Crippen LogP contribution in [-0.4, -0.2) is 5.11 Å². The second-order valence-electron chi connectivity index (χ2n) is 4.30. The number of benzene rings is 2. The molecule has 102 valence electrons. The fourth-order valence-electron chi connectivity index (χ4n) is 2.45. The van der Waals surface area contributed by atoms with Gasteiger partial charge in [-0.05, 0) is 33.9 Å². The van der Waals surface area contributed by atoms with Gasteiger partial charge in [-0.15, -0.1) is 0 Å². The van der Waals surface area contributed by atoms with Crippen molar-refractivity contribution >= 4 is 16.3 Å². The largest absolute Gasteiger partial charge is 2.00 e. The van der Waals surface area contributed by atoms with Gasteiger partial charge in [0.1, 0.15) is 0 Å². The van der Waals surface area contributed by atoms with Gasteiger partial charge in [-0.25, -0.2) is 0 Å².